The molecule has 0 radical (unpaired) electrons. The van der Waals surface area contributed by atoms with Gasteiger partial charge in [0.2, 0.25) is 0 Å². The van der Waals surface area contributed by atoms with Crippen molar-refractivity contribution in [2.24, 2.45) is 0 Å². The molecule has 0 saturated carbocycles. The molecule has 4 nitrogen and oxygen atoms in total. The average molecular weight is 374 g/mol. The fourth-order valence-corrected chi connectivity index (χ4v) is 3.72. The maximum atomic E-state index is 11.0. The summed E-state index contributed by atoms with van der Waals surface area (Å²) < 4.78 is 2.95. The molecule has 1 N–H and O–H groups in total. The molecule has 0 amide bonds. The third-order valence-corrected chi connectivity index (χ3v) is 4.66. The first-order chi connectivity index (χ1) is 8.58. The van der Waals surface area contributed by atoms with Gasteiger partial charge in [-0.1, -0.05) is 15.9 Å². The summed E-state index contributed by atoms with van der Waals surface area (Å²) in [6, 6.07) is 3.27. The van der Waals surface area contributed by atoms with E-state index in [4.69, 9.17) is 5.11 Å². The highest BCUT2D eigenvalue weighted by molar-refractivity contribution is 9.10. The second-order valence-corrected chi connectivity index (χ2v) is 6.32. The van der Waals surface area contributed by atoms with Crippen LogP contribution in [0.3, 0.4) is 0 Å². The lowest BCUT2D eigenvalue weighted by Gasteiger charge is -2.19. The number of aromatic carboxylic acids is 1. The van der Waals surface area contributed by atoms with Crippen molar-refractivity contribution in [1.29, 1.82) is 0 Å². The minimum absolute atomic E-state index is 0.249. The molecular formula is C12H10Br2N2O2. The van der Waals surface area contributed by atoms with Gasteiger partial charge in [0.1, 0.15) is 5.82 Å². The minimum Gasteiger partial charge on any atom is -0.478 e. The Morgan fingerprint density at radius 2 is 2.28 bits per heavy atom. The van der Waals surface area contributed by atoms with Crippen LogP contribution in [0.4, 0.5) is 0 Å². The number of aromatic nitrogens is 2. The molecule has 18 heavy (non-hydrogen) atoms. The second-order valence-electron chi connectivity index (χ2n) is 4.36. The molecular weight excluding hydrogens is 364 g/mol. The van der Waals surface area contributed by atoms with Gasteiger partial charge in [0.15, 0.2) is 0 Å². The Morgan fingerprint density at radius 1 is 1.50 bits per heavy atom. The lowest BCUT2D eigenvalue weighted by atomic mass is 10.1. The zero-order valence-electron chi connectivity index (χ0n) is 9.36. The van der Waals surface area contributed by atoms with Crippen LogP contribution in [0.5, 0.6) is 0 Å². The maximum absolute atomic E-state index is 11.0. The first-order valence-electron chi connectivity index (χ1n) is 5.65. The molecule has 0 bridgehead atoms. The van der Waals surface area contributed by atoms with E-state index >= 15 is 0 Å². The molecule has 2 heterocycles. The molecule has 3 rings (SSSR count). The minimum atomic E-state index is -0.932. The lowest BCUT2D eigenvalue weighted by Crippen LogP contribution is -2.12. The van der Waals surface area contributed by atoms with Gasteiger partial charge in [-0.25, -0.2) is 9.78 Å². The molecule has 0 fully saturated rings. The first-order valence-corrected chi connectivity index (χ1v) is 7.36. The molecule has 1 aliphatic rings. The van der Waals surface area contributed by atoms with Crippen LogP contribution in [0, 0.1) is 0 Å². The number of hydrogen-bond donors (Lipinski definition) is 1. The number of carbonyl (C=O) groups is 1. The van der Waals surface area contributed by atoms with E-state index < -0.39 is 5.97 Å². The first kappa shape index (κ1) is 12.2. The van der Waals surface area contributed by atoms with Gasteiger partial charge in [-0.3, -0.25) is 0 Å². The molecule has 0 aliphatic carbocycles. The van der Waals surface area contributed by atoms with Crippen LogP contribution in [0.1, 0.15) is 33.9 Å². The Labute approximate surface area is 120 Å². The number of imidazole rings is 1. The van der Waals surface area contributed by atoms with Crippen LogP contribution >= 0.6 is 31.9 Å². The van der Waals surface area contributed by atoms with Crippen molar-refractivity contribution in [2.45, 2.75) is 24.2 Å². The Bertz CT molecular complexity index is 651. The van der Waals surface area contributed by atoms with E-state index in [2.05, 4.69) is 41.4 Å². The van der Waals surface area contributed by atoms with E-state index in [0.29, 0.717) is 0 Å². The predicted molar refractivity (Wildman–Crippen MR) is 75.3 cm³/mol. The highest BCUT2D eigenvalue weighted by atomic mass is 79.9. The van der Waals surface area contributed by atoms with Crippen LogP contribution in [0.25, 0.3) is 11.0 Å². The van der Waals surface area contributed by atoms with Gasteiger partial charge in [-0.05, 0) is 40.9 Å². The van der Waals surface area contributed by atoms with Gasteiger partial charge < -0.3 is 9.67 Å². The molecule has 1 aliphatic heterocycles. The molecule has 1 aromatic heterocycles. The van der Waals surface area contributed by atoms with Crippen molar-refractivity contribution in [3.8, 4) is 0 Å². The van der Waals surface area contributed by atoms with Crippen molar-refractivity contribution >= 4 is 48.9 Å². The predicted octanol–water partition coefficient (Wildman–Crippen LogP) is 3.73. The van der Waals surface area contributed by atoms with Crippen LogP contribution in [0.2, 0.25) is 0 Å². The van der Waals surface area contributed by atoms with Crippen LogP contribution in [0.15, 0.2) is 16.6 Å². The van der Waals surface area contributed by atoms with Gasteiger partial charge in [-0.15, -0.1) is 0 Å². The van der Waals surface area contributed by atoms with Gasteiger partial charge >= 0.3 is 5.97 Å². The van der Waals surface area contributed by atoms with E-state index in [-0.39, 0.29) is 10.4 Å². The Balaban J connectivity index is 2.31. The monoisotopic (exact) mass is 372 g/mol. The SMILES string of the molecule is O=C(O)c1cc(Br)c2c(c1)nc1n2CCCC1Br. The summed E-state index contributed by atoms with van der Waals surface area (Å²) in [5.41, 5.74) is 1.98. The van der Waals surface area contributed by atoms with Gasteiger partial charge in [0.25, 0.3) is 0 Å². The van der Waals surface area contributed by atoms with Crippen LogP contribution in [-0.2, 0) is 6.54 Å². The van der Waals surface area contributed by atoms with Crippen molar-refractivity contribution in [3.05, 3.63) is 28.0 Å². The van der Waals surface area contributed by atoms with Gasteiger partial charge in [0.05, 0.1) is 21.4 Å². The quantitative estimate of drug-likeness (QED) is 0.775. The molecule has 2 aromatic rings. The average Bonchev–Trinajstić information content (AvgIpc) is 2.69. The molecule has 1 unspecified atom stereocenters. The van der Waals surface area contributed by atoms with E-state index in [1.807, 2.05) is 0 Å². The summed E-state index contributed by atoms with van der Waals surface area (Å²) in [5.74, 6) is 0.0541. The van der Waals surface area contributed by atoms with E-state index in [1.54, 1.807) is 12.1 Å². The van der Waals surface area contributed by atoms with Gasteiger partial charge in [-0.2, -0.15) is 0 Å². The van der Waals surface area contributed by atoms with Crippen LogP contribution in [-0.4, -0.2) is 20.6 Å². The molecule has 0 saturated heterocycles. The molecule has 94 valence electrons. The van der Waals surface area contributed by atoms with Crippen molar-refractivity contribution in [3.63, 3.8) is 0 Å². The fourth-order valence-electron chi connectivity index (χ4n) is 2.38. The highest BCUT2D eigenvalue weighted by Gasteiger charge is 2.24. The Morgan fingerprint density at radius 3 is 3.00 bits per heavy atom. The number of nitrogens with zero attached hydrogens (tertiary/aromatic N) is 2. The fraction of sp³-hybridized carbons (Fsp3) is 0.333. The summed E-state index contributed by atoms with van der Waals surface area (Å²) in [5, 5.41) is 9.06. The standard InChI is InChI=1S/C12H10Br2N2O2/c13-7-2-1-3-16-10-8(14)4-6(12(17)18)5-9(10)15-11(7)16/h4-5,7H,1-3H2,(H,17,18). The number of benzene rings is 1. The molecule has 1 aromatic carbocycles. The number of fused-ring (bicyclic) bond motifs is 3. The summed E-state index contributed by atoms with van der Waals surface area (Å²) in [6.45, 7) is 0.930. The number of aryl methyl sites for hydroxylation is 1. The van der Waals surface area contributed by atoms with E-state index in [0.717, 1.165) is 40.7 Å². The molecule has 1 atom stereocenters. The highest BCUT2D eigenvalue weighted by Crippen LogP contribution is 2.37. The maximum Gasteiger partial charge on any atom is 0.335 e. The number of carboxylic acids is 1. The number of alkyl halides is 1. The number of rotatable bonds is 1. The summed E-state index contributed by atoms with van der Waals surface area (Å²) in [4.78, 5) is 15.8. The van der Waals surface area contributed by atoms with Gasteiger partial charge in [0, 0.05) is 11.0 Å². The Hall–Kier alpha value is -0.880. The van der Waals surface area contributed by atoms with Crippen molar-refractivity contribution in [2.75, 3.05) is 0 Å². The number of halogens is 2. The van der Waals surface area contributed by atoms with Crippen molar-refractivity contribution in [1.82, 2.24) is 9.55 Å². The molecule has 6 heteroatoms. The number of hydrogen-bond acceptors (Lipinski definition) is 2. The summed E-state index contributed by atoms with van der Waals surface area (Å²) in [6.07, 6.45) is 2.16. The third-order valence-electron chi connectivity index (χ3n) is 3.19. The largest absolute Gasteiger partial charge is 0.478 e. The number of carboxylic acid groups (broad SMARTS) is 1. The normalized spacial score (nSPS) is 18.9. The van der Waals surface area contributed by atoms with E-state index in [1.165, 1.54) is 0 Å². The summed E-state index contributed by atoms with van der Waals surface area (Å²) in [7, 11) is 0. The zero-order valence-corrected chi connectivity index (χ0v) is 12.5. The Kier molecular flexibility index (Phi) is 2.94. The molecule has 0 spiro atoms. The third kappa shape index (κ3) is 1.78. The lowest BCUT2D eigenvalue weighted by molar-refractivity contribution is 0.0697. The smallest absolute Gasteiger partial charge is 0.335 e. The summed E-state index contributed by atoms with van der Waals surface area (Å²) >= 11 is 7.08. The topological polar surface area (TPSA) is 55.1 Å². The zero-order chi connectivity index (χ0) is 12.9. The van der Waals surface area contributed by atoms with Crippen LogP contribution < -0.4 is 0 Å². The van der Waals surface area contributed by atoms with Crippen molar-refractivity contribution < 1.29 is 9.90 Å². The van der Waals surface area contributed by atoms with E-state index in [9.17, 15) is 4.79 Å². The second kappa shape index (κ2) is 4.35.